The van der Waals surface area contributed by atoms with Crippen molar-refractivity contribution in [1.29, 1.82) is 5.41 Å². The van der Waals surface area contributed by atoms with Crippen LogP contribution in [-0.4, -0.2) is 118 Å². The Kier molecular flexibility index (Phi) is 13.8. The van der Waals surface area contributed by atoms with E-state index >= 15 is 0 Å². The number of hydrogen-bond donors (Lipinski definition) is 3. The van der Waals surface area contributed by atoms with E-state index < -0.39 is 0 Å². The topological polar surface area (TPSA) is 153 Å². The van der Waals surface area contributed by atoms with Crippen molar-refractivity contribution in [2.24, 2.45) is 16.5 Å². The van der Waals surface area contributed by atoms with E-state index in [1.165, 1.54) is 12.7 Å². The van der Waals surface area contributed by atoms with Crippen LogP contribution in [0.5, 0.6) is 0 Å². The number of guanidine groups is 2. The molecule has 0 saturated carbocycles. The lowest BCUT2D eigenvalue weighted by atomic mass is 10.2. The number of hydrogen-bond acceptors (Lipinski definition) is 8. The molecule has 0 bridgehead atoms. The monoisotopic (exact) mass is 728 g/mol. The third-order valence-electron chi connectivity index (χ3n) is 6.11. The minimum atomic E-state index is 0.203. The second kappa shape index (κ2) is 16.0. The maximum absolute atomic E-state index is 7.21. The Morgan fingerprint density at radius 1 is 0.846 bits per heavy atom. The average Bonchev–Trinajstić information content (AvgIpc) is 3.57. The minimum absolute atomic E-state index is 0.203. The van der Waals surface area contributed by atoms with Crippen LogP contribution in [0.3, 0.4) is 0 Å². The van der Waals surface area contributed by atoms with E-state index in [0.29, 0.717) is 48.3 Å². The van der Waals surface area contributed by atoms with Gasteiger partial charge in [0.1, 0.15) is 28.1 Å². The van der Waals surface area contributed by atoms with Crippen molar-refractivity contribution in [3.8, 4) is 0 Å². The molecule has 0 radical (unpaired) electrons. The smallest absolute Gasteiger partial charge is 0.198 e. The Morgan fingerprint density at radius 3 is 1.69 bits per heavy atom. The highest BCUT2D eigenvalue weighted by molar-refractivity contribution is 9.11. The van der Waals surface area contributed by atoms with Crippen molar-refractivity contribution in [1.82, 2.24) is 39.5 Å². The van der Waals surface area contributed by atoms with Gasteiger partial charge < -0.3 is 31.1 Å². The number of aromatic nitrogens is 4. The second-order valence-corrected chi connectivity index (χ2v) is 11.8. The summed E-state index contributed by atoms with van der Waals surface area (Å²) in [6.45, 7) is 3.61. The van der Waals surface area contributed by atoms with Crippen molar-refractivity contribution in [2.75, 3.05) is 54.4 Å². The molecule has 2 unspecified atom stereocenters. The summed E-state index contributed by atoms with van der Waals surface area (Å²) in [5.41, 5.74) is 11.4. The van der Waals surface area contributed by atoms with Gasteiger partial charge >= 0.3 is 0 Å². The molecule has 0 aliphatic carbocycles. The number of nitrogens with two attached hydrogens (primary N) is 2. The number of likely N-dealkylation sites (N-methyl/N-ethyl adjacent to an activating group) is 2. The molecule has 4 rings (SSSR count). The lowest BCUT2D eigenvalue weighted by Crippen LogP contribution is -2.38. The Bertz CT molecular complexity index is 1120. The van der Waals surface area contributed by atoms with Crippen LogP contribution < -0.4 is 11.5 Å². The van der Waals surface area contributed by atoms with Crippen LogP contribution in [0, 0.1) is 5.41 Å². The molecule has 5 N–H and O–H groups in total. The summed E-state index contributed by atoms with van der Waals surface area (Å²) in [5, 5.41) is 8.19. The van der Waals surface area contributed by atoms with E-state index in [1.54, 1.807) is 0 Å². The van der Waals surface area contributed by atoms with Crippen LogP contribution in [0.4, 0.5) is 5.82 Å². The molecule has 4 heterocycles. The summed E-state index contributed by atoms with van der Waals surface area (Å²) in [5.74, 6) is 1.11. The maximum atomic E-state index is 7.21. The quantitative estimate of drug-likeness (QED) is 0.243. The molecule has 12 nitrogen and oxygen atoms in total. The lowest BCUT2D eigenvalue weighted by molar-refractivity contribution is 0.300. The molecular formula is C22H33Br2Cl3N12. The molecule has 2 saturated heterocycles. The first-order chi connectivity index (χ1) is 18.3. The molecule has 2 aromatic heterocycles. The van der Waals surface area contributed by atoms with Gasteiger partial charge in [0, 0.05) is 38.3 Å². The molecular weight excluding hydrogens is 698 g/mol. The van der Waals surface area contributed by atoms with Crippen molar-refractivity contribution in [2.45, 2.75) is 24.9 Å². The molecule has 0 aromatic carbocycles. The van der Waals surface area contributed by atoms with Gasteiger partial charge in [-0.05, 0) is 72.9 Å². The van der Waals surface area contributed by atoms with E-state index in [9.17, 15) is 0 Å². The summed E-state index contributed by atoms with van der Waals surface area (Å²) in [7, 11) is 8.27. The summed E-state index contributed by atoms with van der Waals surface area (Å²) in [6.07, 6.45) is 4.86. The first-order valence-electron chi connectivity index (χ1n) is 11.8. The molecule has 2 aromatic rings. The average molecular weight is 732 g/mol. The third-order valence-corrected chi connectivity index (χ3v) is 9.13. The number of nitrogens with one attached hydrogen (secondary N) is 1. The standard InChI is InChI=1S/C11H16BrClN6.C7H16N4.C4HBrCl2N2/c1-18(2)7-3-4-19(5-7)11(14)17-10-8(12)9(13)15-6-16-10;1-10(2)6-3-4-11(5-6)7(8)9;5-2-3(6)8-1-9-4(2)7/h6-7H,3-5H2,1-2H3,(H2,14,15,16,17);6H,3-5H2,1-2H3,(H3,8,9);1H. The molecule has 0 amide bonds. The van der Waals surface area contributed by atoms with Gasteiger partial charge in [-0.2, -0.15) is 4.99 Å². The van der Waals surface area contributed by atoms with Crippen LogP contribution in [0.2, 0.25) is 15.5 Å². The van der Waals surface area contributed by atoms with Crippen LogP contribution in [0.1, 0.15) is 12.8 Å². The van der Waals surface area contributed by atoms with Crippen LogP contribution in [-0.2, 0) is 0 Å². The van der Waals surface area contributed by atoms with E-state index in [1.807, 2.05) is 9.80 Å². The van der Waals surface area contributed by atoms with Crippen LogP contribution in [0.15, 0.2) is 26.6 Å². The van der Waals surface area contributed by atoms with Gasteiger partial charge in [0.15, 0.2) is 17.7 Å². The highest BCUT2D eigenvalue weighted by Crippen LogP contribution is 2.28. The Balaban J connectivity index is 0.000000226. The first-order valence-corrected chi connectivity index (χ1v) is 14.5. The zero-order valence-electron chi connectivity index (χ0n) is 22.1. The highest BCUT2D eigenvalue weighted by Gasteiger charge is 2.26. The van der Waals surface area contributed by atoms with Gasteiger partial charge in [-0.25, -0.2) is 19.9 Å². The van der Waals surface area contributed by atoms with Crippen LogP contribution in [0.25, 0.3) is 0 Å². The number of halogens is 5. The lowest BCUT2D eigenvalue weighted by Gasteiger charge is -2.20. The van der Waals surface area contributed by atoms with Gasteiger partial charge in [-0.15, -0.1) is 0 Å². The van der Waals surface area contributed by atoms with E-state index in [2.05, 4.69) is 94.8 Å². The molecule has 0 spiro atoms. The van der Waals surface area contributed by atoms with E-state index in [4.69, 9.17) is 51.7 Å². The summed E-state index contributed by atoms with van der Waals surface area (Å²) < 4.78 is 1.09. The third kappa shape index (κ3) is 10.4. The maximum Gasteiger partial charge on any atom is 0.198 e. The van der Waals surface area contributed by atoms with Crippen molar-refractivity contribution < 1.29 is 0 Å². The molecule has 39 heavy (non-hydrogen) atoms. The predicted molar refractivity (Wildman–Crippen MR) is 165 cm³/mol. The highest BCUT2D eigenvalue weighted by atomic mass is 79.9. The van der Waals surface area contributed by atoms with Gasteiger partial charge in [0.2, 0.25) is 0 Å². The fourth-order valence-corrected chi connectivity index (χ4v) is 4.62. The SMILES string of the molecule is CN(C)C1CCN(C(=N)N)C1.CN(C)C1CCN(C(N)=Nc2ncnc(Cl)c2Br)C1.Clc1ncnc(Cl)c1Br. The zero-order valence-corrected chi connectivity index (χ0v) is 27.6. The normalized spacial score (nSPS) is 19.1. The van der Waals surface area contributed by atoms with Gasteiger partial charge in [0.05, 0.1) is 8.95 Å². The summed E-state index contributed by atoms with van der Waals surface area (Å²) >= 11 is 23.4. The summed E-state index contributed by atoms with van der Waals surface area (Å²) in [6, 6.07) is 1.07. The zero-order chi connectivity index (χ0) is 29.3. The first kappa shape index (κ1) is 33.7. The Morgan fingerprint density at radius 2 is 1.28 bits per heavy atom. The molecule has 2 aliphatic rings. The fourth-order valence-electron chi connectivity index (χ4n) is 3.68. The van der Waals surface area contributed by atoms with E-state index in [0.717, 1.165) is 39.0 Å². The van der Waals surface area contributed by atoms with E-state index in [-0.39, 0.29) is 5.96 Å². The van der Waals surface area contributed by atoms with Crippen molar-refractivity contribution in [3.63, 3.8) is 0 Å². The van der Waals surface area contributed by atoms with Crippen molar-refractivity contribution >= 4 is 84.4 Å². The Hall–Kier alpha value is -1.55. The summed E-state index contributed by atoms with van der Waals surface area (Å²) in [4.78, 5) is 27.9. The number of aliphatic imine (C=N–C) groups is 1. The Labute approximate surface area is 260 Å². The number of rotatable bonds is 3. The molecule has 216 valence electrons. The predicted octanol–water partition coefficient (Wildman–Crippen LogP) is 3.54. The largest absolute Gasteiger partial charge is 0.370 e. The molecule has 2 aliphatic heterocycles. The number of likely N-dealkylation sites (tertiary alicyclic amines) is 2. The minimum Gasteiger partial charge on any atom is -0.370 e. The van der Waals surface area contributed by atoms with Gasteiger partial charge in [-0.3, -0.25) is 5.41 Å². The van der Waals surface area contributed by atoms with Crippen molar-refractivity contribution in [3.05, 3.63) is 37.1 Å². The number of nitrogens with zero attached hydrogens (tertiary/aromatic N) is 9. The molecule has 17 heteroatoms. The fraction of sp³-hybridized carbons (Fsp3) is 0.545. The van der Waals surface area contributed by atoms with Gasteiger partial charge in [0.25, 0.3) is 0 Å². The molecule has 2 fully saturated rings. The van der Waals surface area contributed by atoms with Gasteiger partial charge in [-0.1, -0.05) is 34.8 Å². The second-order valence-electron chi connectivity index (χ2n) is 9.13. The molecule has 2 atom stereocenters. The van der Waals surface area contributed by atoms with Crippen LogP contribution >= 0.6 is 66.7 Å².